The summed E-state index contributed by atoms with van der Waals surface area (Å²) in [5, 5.41) is 17.7. The van der Waals surface area contributed by atoms with Crippen molar-refractivity contribution in [1.82, 2.24) is 0 Å². The summed E-state index contributed by atoms with van der Waals surface area (Å²) in [5.74, 6) is -0.676. The van der Waals surface area contributed by atoms with E-state index in [-0.39, 0.29) is 12.1 Å². The third kappa shape index (κ3) is 3.34. The molecule has 0 spiro atoms. The Morgan fingerprint density at radius 1 is 1.47 bits per heavy atom. The lowest BCUT2D eigenvalue weighted by atomic mass is 9.79. The van der Waals surface area contributed by atoms with Gasteiger partial charge in [-0.1, -0.05) is 12.1 Å². The van der Waals surface area contributed by atoms with Crippen LogP contribution in [0.1, 0.15) is 5.56 Å². The minimum atomic E-state index is -1.84. The Bertz CT molecular complexity index is 343. The van der Waals surface area contributed by atoms with Gasteiger partial charge in [-0.3, -0.25) is 4.79 Å². The molecule has 1 rings (SSSR count). The number of carbonyl (C=O) groups excluding carboxylic acids is 1. The van der Waals surface area contributed by atoms with Crippen molar-refractivity contribution in [3.05, 3.63) is 29.6 Å². The zero-order valence-electron chi connectivity index (χ0n) is 7.89. The van der Waals surface area contributed by atoms with Crippen molar-refractivity contribution in [2.45, 2.75) is 6.42 Å². The first-order valence-electron chi connectivity index (χ1n) is 4.35. The van der Waals surface area contributed by atoms with E-state index >= 15 is 0 Å². The summed E-state index contributed by atoms with van der Waals surface area (Å²) in [7, 11) is -1.84. The van der Waals surface area contributed by atoms with Crippen molar-refractivity contribution >= 4 is 19.1 Å². The van der Waals surface area contributed by atoms with Crippen LogP contribution in [0, 0.1) is 5.82 Å². The van der Waals surface area contributed by atoms with Gasteiger partial charge in [0.2, 0.25) is 0 Å². The van der Waals surface area contributed by atoms with Gasteiger partial charge in [0.05, 0.1) is 6.61 Å². The normalized spacial score (nSPS) is 9.80. The molecule has 0 bridgehead atoms. The van der Waals surface area contributed by atoms with E-state index in [0.717, 1.165) is 6.07 Å². The molecule has 0 saturated heterocycles. The molecule has 0 saturated carbocycles. The monoisotopic (exact) mass is 212 g/mol. The molecular weight excluding hydrogens is 202 g/mol. The van der Waals surface area contributed by atoms with Gasteiger partial charge < -0.3 is 14.8 Å². The van der Waals surface area contributed by atoms with Crippen molar-refractivity contribution in [2.24, 2.45) is 0 Å². The maximum atomic E-state index is 13.0. The molecule has 0 radical (unpaired) electrons. The summed E-state index contributed by atoms with van der Waals surface area (Å²) in [5.41, 5.74) is 0.486. The lowest BCUT2D eigenvalue weighted by Gasteiger charge is -2.05. The highest BCUT2D eigenvalue weighted by Gasteiger charge is 2.16. The molecular formula is C9H10BFO4. The van der Waals surface area contributed by atoms with Crippen LogP contribution >= 0.6 is 0 Å². The Morgan fingerprint density at radius 3 is 2.80 bits per heavy atom. The number of benzene rings is 1. The summed E-state index contributed by atoms with van der Waals surface area (Å²) in [4.78, 5) is 9.86. The standard InChI is InChI=1S/C9H10BFO4/c11-9-2-1-7(3-4-15-6-12)5-8(9)10(13)14/h1-2,5-6,13-14H,3-4H2. The first kappa shape index (κ1) is 11.7. The molecule has 0 heterocycles. The third-order valence-electron chi connectivity index (χ3n) is 1.92. The summed E-state index contributed by atoms with van der Waals surface area (Å²) in [6, 6.07) is 3.97. The smallest absolute Gasteiger partial charge is 0.468 e. The Labute approximate surface area is 86.4 Å². The molecule has 0 aliphatic heterocycles. The van der Waals surface area contributed by atoms with Crippen LogP contribution in [0.3, 0.4) is 0 Å². The van der Waals surface area contributed by atoms with E-state index in [1.54, 1.807) is 0 Å². The molecule has 6 heteroatoms. The van der Waals surface area contributed by atoms with Crippen LogP contribution in [0.15, 0.2) is 18.2 Å². The van der Waals surface area contributed by atoms with Crippen molar-refractivity contribution in [3.8, 4) is 0 Å². The predicted molar refractivity (Wildman–Crippen MR) is 51.9 cm³/mol. The van der Waals surface area contributed by atoms with E-state index in [9.17, 15) is 9.18 Å². The highest BCUT2D eigenvalue weighted by Crippen LogP contribution is 2.02. The SMILES string of the molecule is O=COCCc1ccc(F)c(B(O)O)c1. The average molecular weight is 212 g/mol. The number of rotatable bonds is 5. The van der Waals surface area contributed by atoms with Crippen molar-refractivity contribution in [1.29, 1.82) is 0 Å². The minimum absolute atomic E-state index is 0.177. The van der Waals surface area contributed by atoms with Gasteiger partial charge in [0.15, 0.2) is 0 Å². The fraction of sp³-hybridized carbons (Fsp3) is 0.222. The second kappa shape index (κ2) is 5.48. The van der Waals surface area contributed by atoms with Crippen LogP contribution in [0.2, 0.25) is 0 Å². The molecule has 1 aromatic carbocycles. The number of halogens is 1. The van der Waals surface area contributed by atoms with E-state index in [2.05, 4.69) is 4.74 Å². The third-order valence-corrected chi connectivity index (χ3v) is 1.92. The largest absolute Gasteiger partial charge is 0.491 e. The van der Waals surface area contributed by atoms with E-state index in [1.807, 2.05) is 0 Å². The number of hydrogen-bond donors (Lipinski definition) is 2. The summed E-state index contributed by atoms with van der Waals surface area (Å²) in [6.07, 6.45) is 0.402. The fourth-order valence-electron chi connectivity index (χ4n) is 1.17. The first-order valence-corrected chi connectivity index (χ1v) is 4.35. The quantitative estimate of drug-likeness (QED) is 0.381. The van der Waals surface area contributed by atoms with Crippen molar-refractivity contribution in [3.63, 3.8) is 0 Å². The van der Waals surface area contributed by atoms with Gasteiger partial charge in [-0.25, -0.2) is 4.39 Å². The molecule has 0 aromatic heterocycles. The second-order valence-corrected chi connectivity index (χ2v) is 2.95. The van der Waals surface area contributed by atoms with Crippen LogP contribution in [0.25, 0.3) is 0 Å². The van der Waals surface area contributed by atoms with Crippen LogP contribution in [-0.4, -0.2) is 30.2 Å². The van der Waals surface area contributed by atoms with Gasteiger partial charge in [-0.15, -0.1) is 0 Å². The molecule has 1 aromatic rings. The molecule has 0 fully saturated rings. The molecule has 0 atom stereocenters. The molecule has 0 amide bonds. The lowest BCUT2D eigenvalue weighted by Crippen LogP contribution is -2.33. The molecule has 0 aliphatic rings. The van der Waals surface area contributed by atoms with Crippen LogP contribution in [0.4, 0.5) is 4.39 Å². The first-order chi connectivity index (χ1) is 7.15. The number of hydrogen-bond acceptors (Lipinski definition) is 4. The van der Waals surface area contributed by atoms with Gasteiger partial charge in [0.1, 0.15) is 5.82 Å². The molecule has 0 aliphatic carbocycles. The van der Waals surface area contributed by atoms with Gasteiger partial charge >= 0.3 is 7.12 Å². The molecule has 0 unspecified atom stereocenters. The fourth-order valence-corrected chi connectivity index (χ4v) is 1.17. The van der Waals surface area contributed by atoms with Gasteiger partial charge in [-0.05, 0) is 11.6 Å². The summed E-state index contributed by atoms with van der Waals surface area (Å²) >= 11 is 0. The van der Waals surface area contributed by atoms with E-state index in [4.69, 9.17) is 10.0 Å². The summed E-state index contributed by atoms with van der Waals surface area (Å²) < 4.78 is 17.5. The maximum absolute atomic E-state index is 13.0. The Balaban J connectivity index is 2.74. The van der Waals surface area contributed by atoms with Crippen LogP contribution in [0.5, 0.6) is 0 Å². The average Bonchev–Trinajstić information content (AvgIpc) is 2.20. The predicted octanol–water partition coefficient (Wildman–Crippen LogP) is -0.779. The van der Waals surface area contributed by atoms with Crippen LogP contribution in [-0.2, 0) is 16.0 Å². The van der Waals surface area contributed by atoms with Crippen molar-refractivity contribution in [2.75, 3.05) is 6.61 Å². The van der Waals surface area contributed by atoms with E-state index in [0.29, 0.717) is 18.5 Å². The molecule has 4 nitrogen and oxygen atoms in total. The van der Waals surface area contributed by atoms with Gasteiger partial charge in [0, 0.05) is 11.9 Å². The maximum Gasteiger partial charge on any atom is 0.491 e. The Morgan fingerprint density at radius 2 is 2.20 bits per heavy atom. The highest BCUT2D eigenvalue weighted by molar-refractivity contribution is 6.58. The molecule has 15 heavy (non-hydrogen) atoms. The topological polar surface area (TPSA) is 66.8 Å². The zero-order chi connectivity index (χ0) is 11.3. The second-order valence-electron chi connectivity index (χ2n) is 2.95. The Kier molecular flexibility index (Phi) is 4.26. The van der Waals surface area contributed by atoms with Gasteiger partial charge in [-0.2, -0.15) is 0 Å². The molecule has 2 N–H and O–H groups in total. The lowest BCUT2D eigenvalue weighted by molar-refractivity contribution is -0.128. The zero-order valence-corrected chi connectivity index (χ0v) is 7.89. The highest BCUT2D eigenvalue weighted by atomic mass is 19.1. The Hall–Kier alpha value is -1.40. The van der Waals surface area contributed by atoms with Crippen molar-refractivity contribution < 1.29 is 24.0 Å². The number of ether oxygens (including phenoxy) is 1. The van der Waals surface area contributed by atoms with E-state index in [1.165, 1.54) is 12.1 Å². The van der Waals surface area contributed by atoms with Gasteiger partial charge in [0.25, 0.3) is 6.47 Å². The number of carbonyl (C=O) groups is 1. The molecule has 80 valence electrons. The van der Waals surface area contributed by atoms with Crippen LogP contribution < -0.4 is 5.46 Å². The minimum Gasteiger partial charge on any atom is -0.468 e. The summed E-state index contributed by atoms with van der Waals surface area (Å²) in [6.45, 7) is 0.501. The van der Waals surface area contributed by atoms with E-state index < -0.39 is 12.9 Å².